The number of carbonyl (C=O) groups excluding carboxylic acids is 1. The maximum atomic E-state index is 11.0. The minimum Gasteiger partial charge on any atom is -0.350 e. The zero-order chi connectivity index (χ0) is 10.2. The van der Waals surface area contributed by atoms with E-state index in [9.17, 15) is 14.9 Å². The van der Waals surface area contributed by atoms with Crippen LogP contribution >= 0.6 is 0 Å². The van der Waals surface area contributed by atoms with Crippen molar-refractivity contribution in [3.05, 3.63) is 27.1 Å². The molecular weight excluding hydrogens is 172 g/mol. The quantitative estimate of drug-likeness (QED) is 0.430. The second-order valence-electron chi connectivity index (χ2n) is 2.91. The van der Waals surface area contributed by atoms with Gasteiger partial charge in [0, 0.05) is 6.92 Å². The van der Waals surface area contributed by atoms with Gasteiger partial charge < -0.3 is 4.98 Å². The number of aromatic amines is 1. The van der Waals surface area contributed by atoms with Gasteiger partial charge in [-0.25, -0.2) is 0 Å². The zero-order valence-corrected chi connectivity index (χ0v) is 7.67. The lowest BCUT2D eigenvalue weighted by Gasteiger charge is -1.90. The Bertz CT molecular complexity index is 379. The van der Waals surface area contributed by atoms with Gasteiger partial charge in [0.2, 0.25) is 0 Å². The molecule has 0 radical (unpaired) electrons. The van der Waals surface area contributed by atoms with E-state index in [1.54, 1.807) is 13.8 Å². The summed E-state index contributed by atoms with van der Waals surface area (Å²) in [5, 5.41) is 10.6. The van der Waals surface area contributed by atoms with Crippen molar-refractivity contribution >= 4 is 11.5 Å². The molecule has 5 nitrogen and oxygen atoms in total. The Morgan fingerprint density at radius 1 is 1.46 bits per heavy atom. The number of aromatic nitrogens is 1. The molecule has 13 heavy (non-hydrogen) atoms. The smallest absolute Gasteiger partial charge is 0.293 e. The Balaban J connectivity index is 3.39. The number of rotatable bonds is 2. The molecule has 0 aliphatic carbocycles. The van der Waals surface area contributed by atoms with Crippen LogP contribution in [0.25, 0.3) is 0 Å². The normalized spacial score (nSPS) is 10.1. The summed E-state index contributed by atoms with van der Waals surface area (Å²) < 4.78 is 0. The number of aryl methyl sites for hydroxylation is 1. The Labute approximate surface area is 74.9 Å². The minimum absolute atomic E-state index is 0.00481. The molecule has 0 saturated carbocycles. The maximum Gasteiger partial charge on any atom is 0.293 e. The van der Waals surface area contributed by atoms with Crippen molar-refractivity contribution < 1.29 is 9.72 Å². The standard InChI is InChI=1S/C8H10N2O3/c1-4-7(6(3)11)9-5(2)8(4)10(12)13/h9H,1-3H3. The van der Waals surface area contributed by atoms with E-state index in [-0.39, 0.29) is 11.5 Å². The van der Waals surface area contributed by atoms with E-state index in [0.29, 0.717) is 17.0 Å². The molecule has 1 N–H and O–H groups in total. The number of nitrogens with one attached hydrogen (secondary N) is 1. The molecule has 0 fully saturated rings. The molecule has 0 aliphatic heterocycles. The van der Waals surface area contributed by atoms with Crippen molar-refractivity contribution in [3.63, 3.8) is 0 Å². The molecular formula is C8H10N2O3. The molecule has 1 aromatic rings. The summed E-state index contributed by atoms with van der Waals surface area (Å²) in [6, 6.07) is 0. The highest BCUT2D eigenvalue weighted by Crippen LogP contribution is 2.25. The number of nitro groups is 1. The first-order valence-corrected chi connectivity index (χ1v) is 3.79. The number of hydrogen-bond acceptors (Lipinski definition) is 3. The van der Waals surface area contributed by atoms with Crippen LogP contribution in [0, 0.1) is 24.0 Å². The second kappa shape index (κ2) is 3.01. The fourth-order valence-electron chi connectivity index (χ4n) is 1.37. The summed E-state index contributed by atoms with van der Waals surface area (Å²) in [5.74, 6) is -0.186. The van der Waals surface area contributed by atoms with Crippen LogP contribution in [0.3, 0.4) is 0 Å². The van der Waals surface area contributed by atoms with Crippen molar-refractivity contribution in [1.29, 1.82) is 0 Å². The third-order valence-electron chi connectivity index (χ3n) is 1.93. The molecule has 70 valence electrons. The third kappa shape index (κ3) is 1.44. The summed E-state index contributed by atoms with van der Waals surface area (Å²) in [4.78, 5) is 23.8. The molecule has 0 atom stereocenters. The highest BCUT2D eigenvalue weighted by atomic mass is 16.6. The van der Waals surface area contributed by atoms with E-state index in [2.05, 4.69) is 4.98 Å². The second-order valence-corrected chi connectivity index (χ2v) is 2.91. The van der Waals surface area contributed by atoms with Crippen LogP contribution in [0.5, 0.6) is 0 Å². The summed E-state index contributed by atoms with van der Waals surface area (Å²) >= 11 is 0. The molecule has 0 saturated heterocycles. The summed E-state index contributed by atoms with van der Waals surface area (Å²) in [6.07, 6.45) is 0. The van der Waals surface area contributed by atoms with Crippen LogP contribution in [0.15, 0.2) is 0 Å². The van der Waals surface area contributed by atoms with Gasteiger partial charge in [-0.05, 0) is 13.8 Å². The molecule has 0 amide bonds. The third-order valence-corrected chi connectivity index (χ3v) is 1.93. The van der Waals surface area contributed by atoms with Crippen molar-refractivity contribution in [2.45, 2.75) is 20.8 Å². The van der Waals surface area contributed by atoms with Gasteiger partial charge >= 0.3 is 0 Å². The van der Waals surface area contributed by atoms with Gasteiger partial charge in [0.05, 0.1) is 21.9 Å². The Hall–Kier alpha value is -1.65. The van der Waals surface area contributed by atoms with Crippen molar-refractivity contribution in [1.82, 2.24) is 4.98 Å². The van der Waals surface area contributed by atoms with Crippen molar-refractivity contribution in [2.24, 2.45) is 0 Å². The van der Waals surface area contributed by atoms with E-state index in [1.165, 1.54) is 6.92 Å². The molecule has 0 bridgehead atoms. The Morgan fingerprint density at radius 2 is 2.00 bits per heavy atom. The van der Waals surface area contributed by atoms with Crippen molar-refractivity contribution in [2.75, 3.05) is 0 Å². The van der Waals surface area contributed by atoms with Crippen LogP contribution in [-0.4, -0.2) is 15.7 Å². The lowest BCUT2D eigenvalue weighted by Crippen LogP contribution is -1.95. The molecule has 5 heteroatoms. The molecule has 1 heterocycles. The number of hydrogen-bond donors (Lipinski definition) is 1. The van der Waals surface area contributed by atoms with Gasteiger partial charge in [0.15, 0.2) is 5.78 Å². The zero-order valence-electron chi connectivity index (χ0n) is 7.67. The Morgan fingerprint density at radius 3 is 2.23 bits per heavy atom. The van der Waals surface area contributed by atoms with Gasteiger partial charge in [-0.1, -0.05) is 0 Å². The maximum absolute atomic E-state index is 11.0. The van der Waals surface area contributed by atoms with Gasteiger partial charge in [0.1, 0.15) is 0 Å². The first-order valence-electron chi connectivity index (χ1n) is 3.79. The van der Waals surface area contributed by atoms with Crippen molar-refractivity contribution in [3.8, 4) is 0 Å². The van der Waals surface area contributed by atoms with E-state index in [1.807, 2.05) is 0 Å². The minimum atomic E-state index is -0.479. The number of H-pyrrole nitrogens is 1. The topological polar surface area (TPSA) is 76.0 Å². The highest BCUT2D eigenvalue weighted by molar-refractivity contribution is 5.95. The average molecular weight is 182 g/mol. The first kappa shape index (κ1) is 9.44. The molecule has 0 spiro atoms. The fraction of sp³-hybridized carbons (Fsp3) is 0.375. The van der Waals surface area contributed by atoms with Crippen LogP contribution in [-0.2, 0) is 0 Å². The molecule has 1 aromatic heterocycles. The summed E-state index contributed by atoms with van der Waals surface area (Å²) in [7, 11) is 0. The molecule has 1 rings (SSSR count). The van der Waals surface area contributed by atoms with Gasteiger partial charge in [-0.3, -0.25) is 14.9 Å². The molecule has 0 aliphatic rings. The lowest BCUT2D eigenvalue weighted by molar-refractivity contribution is -0.385. The first-order chi connectivity index (χ1) is 5.95. The fourth-order valence-corrected chi connectivity index (χ4v) is 1.37. The predicted molar refractivity (Wildman–Crippen MR) is 46.9 cm³/mol. The number of nitrogens with zero attached hydrogens (tertiary/aromatic N) is 1. The molecule has 0 unspecified atom stereocenters. The highest BCUT2D eigenvalue weighted by Gasteiger charge is 2.22. The SMILES string of the molecule is CC(=O)c1[nH]c(C)c([N+](=O)[O-])c1C. The number of carbonyl (C=O) groups is 1. The van der Waals surface area contributed by atoms with Crippen LogP contribution < -0.4 is 0 Å². The van der Waals surface area contributed by atoms with E-state index in [4.69, 9.17) is 0 Å². The van der Waals surface area contributed by atoms with E-state index >= 15 is 0 Å². The molecule has 0 aromatic carbocycles. The summed E-state index contributed by atoms with van der Waals surface area (Å²) in [6.45, 7) is 4.53. The number of Topliss-reactive ketones (excluding diaryl/α,β-unsaturated/α-hetero) is 1. The van der Waals surface area contributed by atoms with Crippen LogP contribution in [0.1, 0.15) is 28.7 Å². The predicted octanol–water partition coefficient (Wildman–Crippen LogP) is 1.74. The monoisotopic (exact) mass is 182 g/mol. The largest absolute Gasteiger partial charge is 0.350 e. The van der Waals surface area contributed by atoms with Gasteiger partial charge in [-0.2, -0.15) is 0 Å². The Kier molecular flexibility index (Phi) is 2.18. The van der Waals surface area contributed by atoms with Gasteiger partial charge in [0.25, 0.3) is 5.69 Å². The lowest BCUT2D eigenvalue weighted by atomic mass is 10.2. The number of ketones is 1. The average Bonchev–Trinajstić information content (AvgIpc) is 2.26. The van der Waals surface area contributed by atoms with E-state index in [0.717, 1.165) is 0 Å². The van der Waals surface area contributed by atoms with E-state index < -0.39 is 4.92 Å². The van der Waals surface area contributed by atoms with Gasteiger partial charge in [-0.15, -0.1) is 0 Å². The van der Waals surface area contributed by atoms with Crippen LogP contribution in [0.2, 0.25) is 0 Å². The summed E-state index contributed by atoms with van der Waals surface area (Å²) in [5.41, 5.74) is 1.16. The van der Waals surface area contributed by atoms with Crippen LogP contribution in [0.4, 0.5) is 5.69 Å².